The Labute approximate surface area is 460 Å². The third-order valence-corrected chi connectivity index (χ3v) is 22.9. The lowest BCUT2D eigenvalue weighted by molar-refractivity contribution is -0.333. The van der Waals surface area contributed by atoms with Crippen molar-refractivity contribution >= 4 is 41.2 Å². The van der Waals surface area contributed by atoms with Gasteiger partial charge in [-0.1, -0.05) is 6.08 Å². The number of hydrogen-bond donors (Lipinski definition) is 12. The van der Waals surface area contributed by atoms with Crippen molar-refractivity contribution in [2.45, 2.75) is 171 Å². The van der Waals surface area contributed by atoms with Gasteiger partial charge in [-0.2, -0.15) is 0 Å². The maximum atomic E-state index is 15.6. The van der Waals surface area contributed by atoms with Crippen molar-refractivity contribution in [3.63, 3.8) is 0 Å². The Bertz CT molecular complexity index is 2480. The first-order valence-corrected chi connectivity index (χ1v) is 28.5. The minimum atomic E-state index is -2.37. The predicted molar refractivity (Wildman–Crippen MR) is 265 cm³/mol. The molecule has 80 heavy (non-hydrogen) atoms. The molecular formula is C56H78O24. The van der Waals surface area contributed by atoms with Gasteiger partial charge in [0.25, 0.3) is 0 Å². The number of Topliss-reactive ketones (excluding diaryl/α,β-unsaturated/α-hetero) is 2. The molecule has 0 bridgehead atoms. The summed E-state index contributed by atoms with van der Waals surface area (Å²) in [6, 6.07) is 0. The number of hydrogen-bond acceptors (Lipinski definition) is 22. The lowest BCUT2D eigenvalue weighted by atomic mass is 9.30. The van der Waals surface area contributed by atoms with E-state index in [0.717, 1.165) is 25.7 Å². The molecule has 24 atom stereocenters. The summed E-state index contributed by atoms with van der Waals surface area (Å²) in [7, 11) is 0. The molecule has 0 spiro atoms. The summed E-state index contributed by atoms with van der Waals surface area (Å²) < 4.78 is 28.7. The molecule has 12 N–H and O–H groups in total. The maximum Gasteiger partial charge on any atom is 0.347 e. The second-order valence-electron chi connectivity index (χ2n) is 26.0. The molecule has 7 saturated carbocycles. The summed E-state index contributed by atoms with van der Waals surface area (Å²) >= 11 is 0. The first-order chi connectivity index (χ1) is 38.0. The number of esters is 2. The molecule has 0 amide bonds. The second kappa shape index (κ2) is 21.6. The quantitative estimate of drug-likeness (QED) is 0.0684. The summed E-state index contributed by atoms with van der Waals surface area (Å²) in [6.45, 7) is -3.01. The van der Waals surface area contributed by atoms with Gasteiger partial charge in [-0.25, -0.2) is 14.4 Å². The zero-order valence-electron chi connectivity index (χ0n) is 44.7. The number of aliphatic hydroxyl groups excluding tert-OH is 10. The van der Waals surface area contributed by atoms with E-state index in [1.165, 1.54) is 0 Å². The zero-order valence-corrected chi connectivity index (χ0v) is 44.7. The molecule has 7 unspecified atom stereocenters. The number of aliphatic hydroxyl groups is 10. The van der Waals surface area contributed by atoms with Crippen LogP contribution in [-0.2, 0) is 57.2 Å². The Morgan fingerprint density at radius 1 is 0.675 bits per heavy atom. The highest BCUT2D eigenvalue weighted by Gasteiger charge is 2.79. The normalized spacial score (nSPS) is 48.7. The van der Waals surface area contributed by atoms with Crippen LogP contribution >= 0.6 is 0 Å². The molecule has 0 aromatic rings. The van der Waals surface area contributed by atoms with Gasteiger partial charge < -0.3 is 85.0 Å². The molecule has 0 aromatic heterocycles. The number of aliphatic carboxylic acids is 2. The van der Waals surface area contributed by atoms with Crippen molar-refractivity contribution in [2.75, 3.05) is 39.6 Å². The molecule has 24 nitrogen and oxygen atoms in total. The molecule has 24 heteroatoms. The smallest absolute Gasteiger partial charge is 0.347 e. The number of carbonyl (C=O) groups is 7. The van der Waals surface area contributed by atoms with Crippen molar-refractivity contribution in [1.82, 2.24) is 0 Å². The van der Waals surface area contributed by atoms with Crippen LogP contribution in [0.1, 0.15) is 103 Å². The fourth-order valence-electron chi connectivity index (χ4n) is 18.7. The fourth-order valence-corrected chi connectivity index (χ4v) is 18.7. The average Bonchev–Trinajstić information content (AvgIpc) is 2.74. The summed E-state index contributed by atoms with van der Waals surface area (Å²) in [4.78, 5) is 96.9. The first kappa shape index (κ1) is 59.3. The lowest BCUT2D eigenvalue weighted by Gasteiger charge is -2.73. The monoisotopic (exact) mass is 1130 g/mol. The first-order valence-electron chi connectivity index (χ1n) is 28.5. The molecule has 0 radical (unpaired) electrons. The Morgan fingerprint density at radius 2 is 1.36 bits per heavy atom. The SMILES string of the molecule is C[C@]1(C(=O)OC2CCC3C(CCC4CC=CC(=O)C43)C2)CC[C@]2(CO)CCC3(CO)C(C(=O)C(=O)[C@@H]4[C@@]5(CO)CC[C@H](O[C@@H]6C(=O)O[C@H](C(=O)O)[C@H](O)[C@H]6O[C@@H]6O[C@@H](C(=O)O)[C@H](O)[C@@H](O)[C@@H]6O)C(CO)(CO)[C@@H]5CC[C@]43CO)[C@@H]2C1. The van der Waals surface area contributed by atoms with E-state index in [2.05, 4.69) is 0 Å². The van der Waals surface area contributed by atoms with E-state index in [1.54, 1.807) is 13.0 Å². The predicted octanol–water partition coefficient (Wildman–Crippen LogP) is -1.65. The summed E-state index contributed by atoms with van der Waals surface area (Å²) in [5, 5.41) is 133. The standard InChI is InChI=1S/C56H78O24/c1-51(50(75)76-27-7-8-28-26(17-27)6-5-25-3-2-4-30(63)33(25)28)13-14-52(19-57)15-16-55(23-61)34(29(52)18-51)35(64)38(67)45-53(20-58)11-10-32(54(21-59,22-60)31(53)9-12-56(45,55)24-62)77-44-41(40(69)43(47(72)73)78-48(44)74)79-49-39(68)36(65)37(66)42(80-49)46(70)71/h2,4,25-29,31-34,36-37,39-45,49,57-62,65-66,68-69H,3,5-24H2,1H3,(H,70,71)(H,72,73)/t25?,26?,27?,28?,29-,31+,32-,33?,34?,36+,37+,39-,40+,41+,42+,43-,44-,45+,49+,51-,52+,53+,55?,56-/m0/s1. The van der Waals surface area contributed by atoms with Crippen LogP contribution in [0.3, 0.4) is 0 Å². The van der Waals surface area contributed by atoms with Crippen LogP contribution in [0.25, 0.3) is 0 Å². The van der Waals surface area contributed by atoms with E-state index in [1.807, 2.05) is 6.08 Å². The Morgan fingerprint density at radius 3 is 2.01 bits per heavy atom. The van der Waals surface area contributed by atoms with Crippen LogP contribution in [0.2, 0.25) is 0 Å². The van der Waals surface area contributed by atoms with E-state index >= 15 is 9.59 Å². The van der Waals surface area contributed by atoms with Crippen molar-refractivity contribution in [1.29, 1.82) is 0 Å². The Kier molecular flexibility index (Phi) is 16.0. The van der Waals surface area contributed by atoms with E-state index in [-0.39, 0.29) is 74.9 Å². The van der Waals surface area contributed by atoms with Gasteiger partial charge in [0.15, 0.2) is 24.3 Å². The van der Waals surface area contributed by atoms with Gasteiger partial charge in [-0.05, 0) is 144 Å². The van der Waals surface area contributed by atoms with Crippen LogP contribution in [0, 0.1) is 79.8 Å². The van der Waals surface area contributed by atoms with E-state index in [9.17, 15) is 85.3 Å². The van der Waals surface area contributed by atoms with Crippen LogP contribution < -0.4 is 0 Å². The van der Waals surface area contributed by atoms with Crippen molar-refractivity contribution in [3.05, 3.63) is 12.2 Å². The lowest BCUT2D eigenvalue weighted by Crippen LogP contribution is -2.77. The maximum absolute atomic E-state index is 15.6. The van der Waals surface area contributed by atoms with Gasteiger partial charge in [-0.15, -0.1) is 0 Å². The average molecular weight is 1140 g/mol. The Hall–Kier alpha value is -3.89. The number of rotatable bonds is 14. The molecule has 446 valence electrons. The summed E-state index contributed by atoms with van der Waals surface area (Å²) in [5.74, 6) is -11.7. The van der Waals surface area contributed by atoms with Crippen molar-refractivity contribution in [2.24, 2.45) is 79.8 Å². The zero-order chi connectivity index (χ0) is 57.8. The molecular weight excluding hydrogens is 1060 g/mol. The molecule has 2 heterocycles. The Balaban J connectivity index is 0.934. The third-order valence-electron chi connectivity index (χ3n) is 22.9. The minimum Gasteiger partial charge on any atom is -0.479 e. The number of carboxylic acids is 2. The molecule has 2 saturated heterocycles. The van der Waals surface area contributed by atoms with Gasteiger partial charge in [0.2, 0.25) is 17.7 Å². The number of carboxylic acid groups (broad SMARTS) is 2. The van der Waals surface area contributed by atoms with Gasteiger partial charge in [0, 0.05) is 52.6 Å². The summed E-state index contributed by atoms with van der Waals surface area (Å²) in [6.07, 6.45) is -14.0. The highest BCUT2D eigenvalue weighted by Crippen LogP contribution is 2.76. The van der Waals surface area contributed by atoms with Gasteiger partial charge in [-0.3, -0.25) is 19.2 Å². The molecule has 0 aromatic carbocycles. The van der Waals surface area contributed by atoms with E-state index in [4.69, 9.17) is 23.7 Å². The van der Waals surface area contributed by atoms with Crippen LogP contribution in [-0.4, -0.2) is 209 Å². The van der Waals surface area contributed by atoms with Crippen molar-refractivity contribution < 1.29 is 119 Å². The van der Waals surface area contributed by atoms with Gasteiger partial charge >= 0.3 is 23.9 Å². The van der Waals surface area contributed by atoms with Crippen LogP contribution in [0.15, 0.2) is 12.2 Å². The topological polar surface area (TPSA) is 408 Å². The molecule has 9 fully saturated rings. The highest BCUT2D eigenvalue weighted by molar-refractivity contribution is 6.40. The molecule has 10 aliphatic rings. The number of ketones is 3. The second-order valence-corrected chi connectivity index (χ2v) is 26.0. The number of cyclic esters (lactones) is 1. The number of ether oxygens (including phenoxy) is 5. The minimum absolute atomic E-state index is 0.00299. The fraction of sp³-hybridized carbons (Fsp3) is 0.839. The molecule has 8 aliphatic carbocycles. The van der Waals surface area contributed by atoms with E-state index < -0.39 is 199 Å². The van der Waals surface area contributed by atoms with Gasteiger partial charge in [0.05, 0.1) is 37.9 Å². The number of allylic oxidation sites excluding steroid dienone is 2. The van der Waals surface area contributed by atoms with Crippen molar-refractivity contribution in [3.8, 4) is 0 Å². The van der Waals surface area contributed by atoms with Crippen LogP contribution in [0.4, 0.5) is 0 Å². The highest BCUT2D eigenvalue weighted by atomic mass is 16.7. The largest absolute Gasteiger partial charge is 0.479 e. The number of fused-ring (bicyclic) bond motifs is 10. The number of carbonyl (C=O) groups excluding carboxylic acids is 5. The summed E-state index contributed by atoms with van der Waals surface area (Å²) in [5.41, 5.74) is -9.21. The third kappa shape index (κ3) is 8.64. The van der Waals surface area contributed by atoms with Gasteiger partial charge in [0.1, 0.15) is 36.6 Å². The van der Waals surface area contributed by atoms with E-state index in [0.29, 0.717) is 25.2 Å². The molecule has 2 aliphatic heterocycles. The molecule has 10 rings (SSSR count). The van der Waals surface area contributed by atoms with Crippen LogP contribution in [0.5, 0.6) is 0 Å².